The van der Waals surface area contributed by atoms with Gasteiger partial charge in [0.2, 0.25) is 0 Å². The number of quaternary nitrogens is 1. The maximum atomic E-state index is 12.7. The van der Waals surface area contributed by atoms with Crippen LogP contribution in [0.5, 0.6) is 0 Å². The monoisotopic (exact) mass is 1010 g/mol. The highest BCUT2D eigenvalue weighted by Gasteiger charge is 2.21. The summed E-state index contributed by atoms with van der Waals surface area (Å²) in [6.45, 7) is 3.84. The second-order valence-corrected chi connectivity index (χ2v) is 19.5. The zero-order valence-electron chi connectivity index (χ0n) is 45.3. The van der Waals surface area contributed by atoms with E-state index in [1.54, 1.807) is 0 Å². The van der Waals surface area contributed by atoms with Crippen molar-refractivity contribution >= 4 is 19.8 Å². The van der Waals surface area contributed by atoms with Gasteiger partial charge in [-0.15, -0.1) is 0 Å². The Morgan fingerprint density at radius 2 is 0.778 bits per heavy atom. The van der Waals surface area contributed by atoms with Gasteiger partial charge in [-0.2, -0.15) is 0 Å². The van der Waals surface area contributed by atoms with Gasteiger partial charge in [-0.25, -0.2) is 0 Å². The van der Waals surface area contributed by atoms with Gasteiger partial charge >= 0.3 is 11.9 Å². The number of allylic oxidation sites excluding steroid dienone is 28. The first-order valence-corrected chi connectivity index (χ1v) is 28.3. The minimum atomic E-state index is -4.67. The molecule has 0 bridgehead atoms. The van der Waals surface area contributed by atoms with E-state index in [9.17, 15) is 19.0 Å². The number of esters is 2. The third-order valence-corrected chi connectivity index (χ3v) is 11.2. The number of hydrogen-bond acceptors (Lipinski definition) is 8. The summed E-state index contributed by atoms with van der Waals surface area (Å²) in [5, 5.41) is 0. The number of phosphoric acid groups is 1. The van der Waals surface area contributed by atoms with Crippen LogP contribution in [0.25, 0.3) is 0 Å². The molecule has 0 aromatic heterocycles. The van der Waals surface area contributed by atoms with Crippen LogP contribution in [0, 0.1) is 0 Å². The SMILES string of the molecule is CC/C=C\C/C=C\C/C=C\C/C=C\C/C=C\C/C=C\C/C=C\C/C=C\C/C=C\C/C=C\CCCCCCC(=O)OC(COC(=O)CC/C=C\C/C=C\C/C=C\C/C=C\CC)COP(=O)([O-])OCC[N+](C)(C)C. The lowest BCUT2D eigenvalue weighted by atomic mass is 10.1. The molecule has 0 N–H and O–H groups in total. The van der Waals surface area contributed by atoms with Gasteiger partial charge in [-0.05, 0) is 116 Å². The largest absolute Gasteiger partial charge is 0.756 e. The van der Waals surface area contributed by atoms with Crippen LogP contribution in [0.15, 0.2) is 170 Å². The molecule has 0 aromatic carbocycles. The smallest absolute Gasteiger partial charge is 0.306 e. The average Bonchev–Trinajstić information content (AvgIpc) is 3.34. The van der Waals surface area contributed by atoms with Crippen LogP contribution in [-0.2, 0) is 32.7 Å². The van der Waals surface area contributed by atoms with E-state index >= 15 is 0 Å². The highest BCUT2D eigenvalue weighted by Crippen LogP contribution is 2.38. The van der Waals surface area contributed by atoms with Gasteiger partial charge in [0, 0.05) is 12.8 Å². The molecule has 0 aliphatic carbocycles. The second kappa shape index (κ2) is 51.3. The number of unbranched alkanes of at least 4 members (excludes halogenated alkanes) is 4. The van der Waals surface area contributed by atoms with E-state index in [1.807, 2.05) is 33.3 Å². The predicted octanol–water partition coefficient (Wildman–Crippen LogP) is 16.1. The van der Waals surface area contributed by atoms with E-state index in [1.165, 1.54) is 0 Å². The van der Waals surface area contributed by atoms with Gasteiger partial charge in [0.1, 0.15) is 19.8 Å². The van der Waals surface area contributed by atoms with Gasteiger partial charge in [0.25, 0.3) is 7.82 Å². The highest BCUT2D eigenvalue weighted by molar-refractivity contribution is 7.45. The summed E-state index contributed by atoms with van der Waals surface area (Å²) in [5.41, 5.74) is 0. The maximum absolute atomic E-state index is 12.7. The first kappa shape index (κ1) is 67.4. The van der Waals surface area contributed by atoms with E-state index < -0.39 is 32.5 Å². The lowest BCUT2D eigenvalue weighted by Gasteiger charge is -2.28. The maximum Gasteiger partial charge on any atom is 0.306 e. The van der Waals surface area contributed by atoms with E-state index in [0.717, 1.165) is 116 Å². The molecule has 0 aliphatic heterocycles. The molecule has 0 heterocycles. The molecule has 0 saturated carbocycles. The van der Waals surface area contributed by atoms with Crippen molar-refractivity contribution < 1.29 is 42.1 Å². The summed E-state index contributed by atoms with van der Waals surface area (Å²) in [6.07, 6.45) is 78.5. The number of hydrogen-bond donors (Lipinski definition) is 0. The molecular formula is C62H96NO8P. The Balaban J connectivity index is 4.31. The molecule has 10 heteroatoms. The predicted molar refractivity (Wildman–Crippen MR) is 304 cm³/mol. The number of carbonyl (C=O) groups excluding carboxylic acids is 2. The fourth-order valence-electron chi connectivity index (χ4n) is 6.16. The Morgan fingerprint density at radius 3 is 1.15 bits per heavy atom. The van der Waals surface area contributed by atoms with Gasteiger partial charge in [-0.1, -0.05) is 197 Å². The lowest BCUT2D eigenvalue weighted by Crippen LogP contribution is -2.37. The molecule has 72 heavy (non-hydrogen) atoms. The van der Waals surface area contributed by atoms with Gasteiger partial charge in [0.15, 0.2) is 6.10 Å². The normalized spacial score (nSPS) is 14.7. The molecule has 0 aliphatic rings. The van der Waals surface area contributed by atoms with E-state index in [2.05, 4.69) is 172 Å². The first-order valence-electron chi connectivity index (χ1n) is 26.8. The van der Waals surface area contributed by atoms with Crippen LogP contribution < -0.4 is 4.89 Å². The van der Waals surface area contributed by atoms with Crippen LogP contribution in [0.4, 0.5) is 0 Å². The van der Waals surface area contributed by atoms with Crippen LogP contribution >= 0.6 is 7.82 Å². The Bertz CT molecular complexity index is 1810. The Kier molecular flexibility index (Phi) is 48.0. The number of likely N-dealkylation sites (N-methyl/N-ethyl adjacent to an activating group) is 1. The summed E-state index contributed by atoms with van der Waals surface area (Å²) < 4.78 is 33.9. The summed E-state index contributed by atoms with van der Waals surface area (Å²) in [4.78, 5) is 37.6. The number of carbonyl (C=O) groups is 2. The van der Waals surface area contributed by atoms with E-state index in [4.69, 9.17) is 18.5 Å². The Labute approximate surface area is 438 Å². The topological polar surface area (TPSA) is 111 Å². The third kappa shape index (κ3) is 54.7. The summed E-state index contributed by atoms with van der Waals surface area (Å²) in [7, 11) is 1.08. The van der Waals surface area contributed by atoms with E-state index in [0.29, 0.717) is 23.9 Å². The molecule has 0 aromatic rings. The van der Waals surface area contributed by atoms with E-state index in [-0.39, 0.29) is 26.1 Å². The molecule has 2 unspecified atom stereocenters. The van der Waals surface area contributed by atoms with Crippen LogP contribution in [0.3, 0.4) is 0 Å². The lowest BCUT2D eigenvalue weighted by molar-refractivity contribution is -0.870. The van der Waals surface area contributed by atoms with Gasteiger partial charge in [0.05, 0.1) is 27.7 Å². The molecule has 0 spiro atoms. The molecule has 2 atom stereocenters. The van der Waals surface area contributed by atoms with Crippen molar-refractivity contribution in [2.24, 2.45) is 0 Å². The fourth-order valence-corrected chi connectivity index (χ4v) is 6.89. The summed E-state index contributed by atoms with van der Waals surface area (Å²) in [5.74, 6) is -0.977. The minimum Gasteiger partial charge on any atom is -0.756 e. The van der Waals surface area contributed by atoms with Gasteiger partial charge < -0.3 is 27.9 Å². The van der Waals surface area contributed by atoms with Crippen LogP contribution in [0.1, 0.15) is 155 Å². The highest BCUT2D eigenvalue weighted by atomic mass is 31.2. The number of rotatable bonds is 46. The number of ether oxygens (including phenoxy) is 2. The standard InChI is InChI=1S/C62H96NO8P/c1-6-8-10-12-14-16-18-20-21-22-23-24-25-26-27-28-29-30-31-32-33-34-35-36-37-38-39-40-41-43-45-47-49-51-53-55-62(65)71-60(59-70-72(66,67)69-57-56-63(3,4)5)58-68-61(64)54-52-50-48-46-44-42-19-17-15-13-11-9-7-2/h8-11,14-17,20-21,23-24,26-27,29-30,32-33,35-36,38-39,41-44,48,50,60H,6-7,12-13,18-19,22,25,28,31,34,37,40,45-47,49,51-59H2,1-5H3/b10-8-,11-9-,16-14-,17-15-,21-20-,24-23-,27-26-,30-29-,33-32-,36-35-,39-38-,43-41-,44-42-,50-48-. The average molecular weight is 1010 g/mol. The molecular weight excluding hydrogens is 918 g/mol. The summed E-state index contributed by atoms with van der Waals surface area (Å²) in [6, 6.07) is 0. The molecule has 9 nitrogen and oxygen atoms in total. The third-order valence-electron chi connectivity index (χ3n) is 10.2. The second-order valence-electron chi connectivity index (χ2n) is 18.1. The fraction of sp³-hybridized carbons (Fsp3) is 0.516. The molecule has 0 rings (SSSR count). The van der Waals surface area contributed by atoms with Crippen molar-refractivity contribution in [3.05, 3.63) is 170 Å². The van der Waals surface area contributed by atoms with Crippen molar-refractivity contribution in [2.75, 3.05) is 47.5 Å². The molecule has 402 valence electrons. The van der Waals surface area contributed by atoms with Crippen molar-refractivity contribution in [2.45, 2.75) is 161 Å². The van der Waals surface area contributed by atoms with Crippen molar-refractivity contribution in [3.63, 3.8) is 0 Å². The molecule has 0 amide bonds. The zero-order chi connectivity index (χ0) is 52.7. The number of nitrogens with zero attached hydrogens (tertiary/aromatic N) is 1. The van der Waals surface area contributed by atoms with Crippen LogP contribution in [-0.4, -0.2) is 70.0 Å². The minimum absolute atomic E-state index is 0.0571. The molecule has 0 saturated heterocycles. The van der Waals surface area contributed by atoms with Gasteiger partial charge in [-0.3, -0.25) is 14.2 Å². The zero-order valence-corrected chi connectivity index (χ0v) is 46.2. The first-order chi connectivity index (χ1) is 35.0. The van der Waals surface area contributed by atoms with Crippen LogP contribution in [0.2, 0.25) is 0 Å². The summed E-state index contributed by atoms with van der Waals surface area (Å²) >= 11 is 0. The quantitative estimate of drug-likeness (QED) is 0.0195. The van der Waals surface area contributed by atoms with Crippen molar-refractivity contribution in [3.8, 4) is 0 Å². The van der Waals surface area contributed by atoms with Crippen molar-refractivity contribution in [1.82, 2.24) is 0 Å². The Hall–Kier alpha value is -4.63. The number of phosphoric ester groups is 1. The Morgan fingerprint density at radius 1 is 0.431 bits per heavy atom. The van der Waals surface area contributed by atoms with Crippen molar-refractivity contribution in [1.29, 1.82) is 0 Å². The molecule has 0 fully saturated rings. The molecule has 0 radical (unpaired) electrons.